The highest BCUT2D eigenvalue weighted by molar-refractivity contribution is 5.95. The first kappa shape index (κ1) is 14.9. The van der Waals surface area contributed by atoms with Crippen LogP contribution in [0.25, 0.3) is 0 Å². The molecule has 20 heavy (non-hydrogen) atoms. The van der Waals surface area contributed by atoms with Gasteiger partial charge in [0.2, 0.25) is 0 Å². The van der Waals surface area contributed by atoms with Crippen molar-refractivity contribution in [3.8, 4) is 0 Å². The van der Waals surface area contributed by atoms with Gasteiger partial charge in [-0.05, 0) is 44.6 Å². The Hall–Kier alpha value is -1.49. The van der Waals surface area contributed by atoms with Gasteiger partial charge in [0.05, 0.1) is 17.0 Å². The summed E-state index contributed by atoms with van der Waals surface area (Å²) >= 11 is 0. The number of aliphatic hydroxyl groups excluding tert-OH is 1. The first-order chi connectivity index (χ1) is 9.65. The minimum Gasteiger partial charge on any atom is -0.396 e. The van der Waals surface area contributed by atoms with E-state index in [4.69, 9.17) is 5.11 Å². The molecule has 1 aromatic heterocycles. The van der Waals surface area contributed by atoms with Crippen molar-refractivity contribution in [2.75, 3.05) is 19.7 Å². The van der Waals surface area contributed by atoms with E-state index >= 15 is 0 Å². The minimum absolute atomic E-state index is 0.0579. The van der Waals surface area contributed by atoms with Gasteiger partial charge in [-0.1, -0.05) is 6.92 Å². The largest absolute Gasteiger partial charge is 0.396 e. The smallest absolute Gasteiger partial charge is 0.255 e. The van der Waals surface area contributed by atoms with E-state index < -0.39 is 0 Å². The molecule has 1 aliphatic heterocycles. The van der Waals surface area contributed by atoms with Crippen LogP contribution in [0, 0.1) is 12.8 Å². The van der Waals surface area contributed by atoms with Gasteiger partial charge in [0, 0.05) is 19.7 Å². The Labute approximate surface area is 120 Å². The number of likely N-dealkylation sites (tertiary alicyclic amines) is 1. The molecule has 1 aromatic rings. The standard InChI is InChI=1S/C15H23N3O2/c1-3-14-13(9-11(2)16-17-14)15(20)18-7-4-5-12(10-18)6-8-19/h9,12,19H,3-8,10H2,1-2H3. The summed E-state index contributed by atoms with van der Waals surface area (Å²) in [6.07, 6.45) is 3.59. The van der Waals surface area contributed by atoms with Crippen molar-refractivity contribution in [2.45, 2.75) is 39.5 Å². The Morgan fingerprint density at radius 3 is 3.00 bits per heavy atom. The van der Waals surface area contributed by atoms with Crippen LogP contribution in [0.4, 0.5) is 0 Å². The predicted molar refractivity (Wildman–Crippen MR) is 76.5 cm³/mol. The molecule has 2 heterocycles. The third kappa shape index (κ3) is 3.33. The van der Waals surface area contributed by atoms with E-state index in [-0.39, 0.29) is 12.5 Å². The predicted octanol–water partition coefficient (Wildman–Crippen LogP) is 1.58. The normalized spacial score (nSPS) is 19.1. The molecule has 5 nitrogen and oxygen atoms in total. The molecule has 0 aliphatic carbocycles. The summed E-state index contributed by atoms with van der Waals surface area (Å²) in [7, 11) is 0. The summed E-state index contributed by atoms with van der Waals surface area (Å²) in [5.74, 6) is 0.473. The Morgan fingerprint density at radius 1 is 1.50 bits per heavy atom. The van der Waals surface area contributed by atoms with Gasteiger partial charge in [0.25, 0.3) is 5.91 Å². The van der Waals surface area contributed by atoms with Crippen LogP contribution in [0.2, 0.25) is 0 Å². The zero-order chi connectivity index (χ0) is 14.5. The van der Waals surface area contributed by atoms with Crippen molar-refractivity contribution in [2.24, 2.45) is 5.92 Å². The molecule has 1 saturated heterocycles. The molecule has 1 unspecified atom stereocenters. The number of hydrogen-bond donors (Lipinski definition) is 1. The molecule has 1 fully saturated rings. The molecular weight excluding hydrogens is 254 g/mol. The van der Waals surface area contributed by atoms with Crippen molar-refractivity contribution in [1.82, 2.24) is 15.1 Å². The van der Waals surface area contributed by atoms with Gasteiger partial charge in [0.15, 0.2) is 0 Å². The van der Waals surface area contributed by atoms with Gasteiger partial charge < -0.3 is 10.0 Å². The van der Waals surface area contributed by atoms with Crippen molar-refractivity contribution in [1.29, 1.82) is 0 Å². The van der Waals surface area contributed by atoms with Crippen LogP contribution in [-0.4, -0.2) is 45.8 Å². The fourth-order valence-electron chi connectivity index (χ4n) is 2.80. The first-order valence-corrected chi connectivity index (χ1v) is 7.39. The number of rotatable bonds is 4. The van der Waals surface area contributed by atoms with Gasteiger partial charge in [-0.3, -0.25) is 4.79 Å². The summed E-state index contributed by atoms with van der Waals surface area (Å²) in [5.41, 5.74) is 2.23. The molecule has 0 bridgehead atoms. The Morgan fingerprint density at radius 2 is 2.30 bits per heavy atom. The third-order valence-electron chi connectivity index (χ3n) is 3.90. The van der Waals surface area contributed by atoms with Crippen LogP contribution < -0.4 is 0 Å². The number of nitrogens with zero attached hydrogens (tertiary/aromatic N) is 3. The average molecular weight is 277 g/mol. The highest BCUT2D eigenvalue weighted by Gasteiger charge is 2.25. The zero-order valence-corrected chi connectivity index (χ0v) is 12.3. The maximum atomic E-state index is 12.7. The van der Waals surface area contributed by atoms with Crippen molar-refractivity contribution < 1.29 is 9.90 Å². The molecular formula is C15H23N3O2. The molecule has 5 heteroatoms. The van der Waals surface area contributed by atoms with Crippen LogP contribution in [0.5, 0.6) is 0 Å². The lowest BCUT2D eigenvalue weighted by molar-refractivity contribution is 0.0651. The highest BCUT2D eigenvalue weighted by Crippen LogP contribution is 2.22. The molecule has 2 rings (SSSR count). The SMILES string of the molecule is CCc1nnc(C)cc1C(=O)N1CCCC(CCO)C1. The lowest BCUT2D eigenvalue weighted by atomic mass is 9.94. The number of carbonyl (C=O) groups excluding carboxylic acids is 1. The lowest BCUT2D eigenvalue weighted by Gasteiger charge is -2.32. The maximum absolute atomic E-state index is 12.7. The Bertz CT molecular complexity index is 474. The van der Waals surface area contributed by atoms with Crippen molar-refractivity contribution in [3.63, 3.8) is 0 Å². The van der Waals surface area contributed by atoms with E-state index in [1.807, 2.05) is 24.8 Å². The van der Waals surface area contributed by atoms with E-state index in [1.165, 1.54) is 0 Å². The van der Waals surface area contributed by atoms with Crippen LogP contribution >= 0.6 is 0 Å². The Balaban J connectivity index is 2.16. The van der Waals surface area contributed by atoms with Crippen LogP contribution in [0.15, 0.2) is 6.07 Å². The maximum Gasteiger partial charge on any atom is 0.255 e. The number of aryl methyl sites for hydroxylation is 2. The summed E-state index contributed by atoms with van der Waals surface area (Å²) in [6, 6.07) is 1.84. The molecule has 1 aliphatic rings. The molecule has 110 valence electrons. The highest BCUT2D eigenvalue weighted by atomic mass is 16.3. The zero-order valence-electron chi connectivity index (χ0n) is 12.3. The van der Waals surface area contributed by atoms with E-state index in [0.29, 0.717) is 17.9 Å². The number of piperidine rings is 1. The summed E-state index contributed by atoms with van der Waals surface area (Å²) < 4.78 is 0. The first-order valence-electron chi connectivity index (χ1n) is 7.39. The molecule has 0 aromatic carbocycles. The average Bonchev–Trinajstić information content (AvgIpc) is 2.47. The lowest BCUT2D eigenvalue weighted by Crippen LogP contribution is -2.40. The second-order valence-electron chi connectivity index (χ2n) is 5.47. The minimum atomic E-state index is 0.0579. The van der Waals surface area contributed by atoms with Gasteiger partial charge >= 0.3 is 0 Å². The van der Waals surface area contributed by atoms with Crippen molar-refractivity contribution >= 4 is 5.91 Å². The van der Waals surface area contributed by atoms with E-state index in [9.17, 15) is 4.79 Å². The number of aliphatic hydroxyl groups is 1. The summed E-state index contributed by atoms with van der Waals surface area (Å²) in [6.45, 7) is 5.58. The van der Waals surface area contributed by atoms with Crippen LogP contribution in [-0.2, 0) is 6.42 Å². The monoisotopic (exact) mass is 277 g/mol. The van der Waals surface area contributed by atoms with E-state index in [1.54, 1.807) is 0 Å². The fraction of sp³-hybridized carbons (Fsp3) is 0.667. The van der Waals surface area contributed by atoms with Crippen LogP contribution in [0.3, 0.4) is 0 Å². The fourth-order valence-corrected chi connectivity index (χ4v) is 2.80. The summed E-state index contributed by atoms with van der Waals surface area (Å²) in [4.78, 5) is 14.6. The van der Waals surface area contributed by atoms with Gasteiger partial charge in [-0.15, -0.1) is 0 Å². The van der Waals surface area contributed by atoms with Crippen molar-refractivity contribution in [3.05, 3.63) is 23.0 Å². The van der Waals surface area contributed by atoms with E-state index in [2.05, 4.69) is 10.2 Å². The topological polar surface area (TPSA) is 66.3 Å². The van der Waals surface area contributed by atoms with Crippen LogP contribution in [0.1, 0.15) is 47.9 Å². The second kappa shape index (κ2) is 6.79. The van der Waals surface area contributed by atoms with Gasteiger partial charge in [0.1, 0.15) is 0 Å². The number of carbonyl (C=O) groups is 1. The van der Waals surface area contributed by atoms with Gasteiger partial charge in [-0.2, -0.15) is 10.2 Å². The van der Waals surface area contributed by atoms with Gasteiger partial charge in [-0.25, -0.2) is 0 Å². The summed E-state index contributed by atoms with van der Waals surface area (Å²) in [5, 5.41) is 17.2. The second-order valence-corrected chi connectivity index (χ2v) is 5.47. The molecule has 0 radical (unpaired) electrons. The van der Waals surface area contributed by atoms with E-state index in [0.717, 1.165) is 43.7 Å². The Kier molecular flexibility index (Phi) is 5.06. The number of amides is 1. The molecule has 0 saturated carbocycles. The molecule has 0 spiro atoms. The number of aromatic nitrogens is 2. The number of hydrogen-bond acceptors (Lipinski definition) is 4. The molecule has 1 atom stereocenters. The molecule has 1 amide bonds. The quantitative estimate of drug-likeness (QED) is 0.907. The third-order valence-corrected chi connectivity index (χ3v) is 3.90. The molecule has 1 N–H and O–H groups in total.